The molecular formula is C24H21N9. The zero-order valence-corrected chi connectivity index (χ0v) is 18.4. The van der Waals surface area contributed by atoms with Crippen molar-refractivity contribution in [1.82, 2.24) is 39.7 Å². The highest BCUT2D eigenvalue weighted by Gasteiger charge is 2.16. The van der Waals surface area contributed by atoms with Gasteiger partial charge in [-0.3, -0.25) is 15.1 Å². The minimum Gasteiger partial charge on any atom is -0.376 e. The van der Waals surface area contributed by atoms with Crippen LogP contribution in [0, 0.1) is 6.92 Å². The summed E-state index contributed by atoms with van der Waals surface area (Å²) in [5, 5.41) is 8.67. The number of fused-ring (bicyclic) bond motifs is 2. The lowest BCUT2D eigenvalue weighted by Crippen LogP contribution is -2.08. The Bertz CT molecular complexity index is 1620. The Hall–Kier alpha value is -4.53. The van der Waals surface area contributed by atoms with E-state index < -0.39 is 0 Å². The van der Waals surface area contributed by atoms with Gasteiger partial charge in [0.15, 0.2) is 5.82 Å². The van der Waals surface area contributed by atoms with Crippen LogP contribution in [0.3, 0.4) is 0 Å². The maximum atomic E-state index is 4.88. The van der Waals surface area contributed by atoms with Crippen molar-refractivity contribution in [2.45, 2.75) is 6.92 Å². The first-order chi connectivity index (χ1) is 16.1. The number of imidazole rings is 2. The van der Waals surface area contributed by atoms with E-state index in [1.54, 1.807) is 18.7 Å². The standard InChI is InChI=1S/C24H21N9/c1-14-12-33(13-27-14)21-11-26-10-20-23(21)29-24(28-20)22-18-7-15(4-5-19(18)30-31-22)16-6-17(32(2)3)9-25-8-16/h4-13H,1-3H3,(H,28,29)(H,30,31). The van der Waals surface area contributed by atoms with Crippen LogP contribution < -0.4 is 4.90 Å². The fraction of sp³-hybridized carbons (Fsp3) is 0.125. The summed E-state index contributed by atoms with van der Waals surface area (Å²) in [5.74, 6) is 0.680. The van der Waals surface area contributed by atoms with Gasteiger partial charge < -0.3 is 14.5 Å². The van der Waals surface area contributed by atoms with Gasteiger partial charge in [-0.25, -0.2) is 9.97 Å². The number of H-pyrrole nitrogens is 2. The molecule has 0 radical (unpaired) electrons. The highest BCUT2D eigenvalue weighted by atomic mass is 15.1. The predicted octanol–water partition coefficient (Wildman–Crippen LogP) is 4.12. The first-order valence-electron chi connectivity index (χ1n) is 10.5. The van der Waals surface area contributed by atoms with E-state index >= 15 is 0 Å². The summed E-state index contributed by atoms with van der Waals surface area (Å²) >= 11 is 0. The SMILES string of the molecule is Cc1cn(-c2cncc3[nH]c(-c4n[nH]c5ccc(-c6cncc(N(C)C)c6)cc45)nc23)cn1. The number of anilines is 1. The number of aromatic amines is 2. The highest BCUT2D eigenvalue weighted by Crippen LogP contribution is 2.32. The van der Waals surface area contributed by atoms with Crippen molar-refractivity contribution in [2.24, 2.45) is 0 Å². The average Bonchev–Trinajstić information content (AvgIpc) is 3.55. The van der Waals surface area contributed by atoms with Gasteiger partial charge in [0.25, 0.3) is 0 Å². The van der Waals surface area contributed by atoms with Gasteiger partial charge in [0.1, 0.15) is 11.2 Å². The summed E-state index contributed by atoms with van der Waals surface area (Å²) in [5.41, 5.74) is 8.30. The van der Waals surface area contributed by atoms with Crippen molar-refractivity contribution < 1.29 is 0 Å². The topological polar surface area (TPSA) is 104 Å². The van der Waals surface area contributed by atoms with E-state index in [2.05, 4.69) is 48.3 Å². The Kier molecular flexibility index (Phi) is 4.22. The molecule has 1 aromatic carbocycles. The maximum absolute atomic E-state index is 4.88. The summed E-state index contributed by atoms with van der Waals surface area (Å²) < 4.78 is 1.93. The average molecular weight is 435 g/mol. The van der Waals surface area contributed by atoms with Crippen molar-refractivity contribution >= 4 is 27.6 Å². The fourth-order valence-electron chi connectivity index (χ4n) is 3.98. The molecule has 0 fully saturated rings. The molecule has 0 bridgehead atoms. The van der Waals surface area contributed by atoms with E-state index in [0.29, 0.717) is 5.82 Å². The lowest BCUT2D eigenvalue weighted by molar-refractivity contribution is 1.05. The number of hydrogen-bond acceptors (Lipinski definition) is 6. The number of aryl methyl sites for hydroxylation is 1. The third-order valence-corrected chi connectivity index (χ3v) is 5.73. The van der Waals surface area contributed by atoms with Crippen molar-refractivity contribution in [1.29, 1.82) is 0 Å². The first-order valence-corrected chi connectivity index (χ1v) is 10.5. The predicted molar refractivity (Wildman–Crippen MR) is 128 cm³/mol. The molecule has 0 amide bonds. The fourth-order valence-corrected chi connectivity index (χ4v) is 3.98. The zero-order valence-electron chi connectivity index (χ0n) is 18.4. The van der Waals surface area contributed by atoms with Crippen LogP contribution in [0.5, 0.6) is 0 Å². The molecule has 5 heterocycles. The molecule has 9 nitrogen and oxygen atoms in total. The minimum absolute atomic E-state index is 0.680. The van der Waals surface area contributed by atoms with Gasteiger partial charge in [-0.1, -0.05) is 6.07 Å². The van der Waals surface area contributed by atoms with Gasteiger partial charge in [0.05, 0.1) is 53.0 Å². The van der Waals surface area contributed by atoms with Crippen molar-refractivity contribution in [2.75, 3.05) is 19.0 Å². The van der Waals surface area contributed by atoms with Crippen LogP contribution in [0.15, 0.2) is 61.6 Å². The number of aromatic nitrogens is 8. The molecule has 0 spiro atoms. The smallest absolute Gasteiger partial charge is 0.159 e. The maximum Gasteiger partial charge on any atom is 0.159 e. The normalized spacial score (nSPS) is 11.5. The lowest BCUT2D eigenvalue weighted by atomic mass is 10.0. The number of hydrogen-bond donors (Lipinski definition) is 2. The van der Waals surface area contributed by atoms with E-state index in [1.807, 2.05) is 55.1 Å². The molecule has 0 saturated carbocycles. The molecule has 0 unspecified atom stereocenters. The Labute approximate surface area is 189 Å². The number of nitrogens with one attached hydrogen (secondary N) is 2. The van der Waals surface area contributed by atoms with Gasteiger partial charge in [-0.05, 0) is 30.7 Å². The molecule has 0 saturated heterocycles. The summed E-state index contributed by atoms with van der Waals surface area (Å²) in [6, 6.07) is 8.35. The third-order valence-electron chi connectivity index (χ3n) is 5.73. The third kappa shape index (κ3) is 3.21. The van der Waals surface area contributed by atoms with Gasteiger partial charge in [0.2, 0.25) is 0 Å². The molecule has 162 valence electrons. The van der Waals surface area contributed by atoms with E-state index in [1.165, 1.54) is 0 Å². The Morgan fingerprint density at radius 3 is 2.64 bits per heavy atom. The molecule has 6 rings (SSSR count). The molecule has 0 aliphatic heterocycles. The van der Waals surface area contributed by atoms with Crippen molar-refractivity contribution in [3.05, 3.63) is 67.3 Å². The van der Waals surface area contributed by atoms with Crippen LogP contribution in [0.4, 0.5) is 5.69 Å². The highest BCUT2D eigenvalue weighted by molar-refractivity contribution is 5.96. The van der Waals surface area contributed by atoms with Gasteiger partial charge in [0, 0.05) is 37.4 Å². The molecule has 33 heavy (non-hydrogen) atoms. The van der Waals surface area contributed by atoms with E-state index in [-0.39, 0.29) is 0 Å². The Morgan fingerprint density at radius 1 is 0.939 bits per heavy atom. The van der Waals surface area contributed by atoms with Crippen LogP contribution in [-0.4, -0.2) is 53.8 Å². The number of nitrogens with zero attached hydrogens (tertiary/aromatic N) is 7. The molecule has 0 aliphatic carbocycles. The second-order valence-electron chi connectivity index (χ2n) is 8.22. The zero-order chi connectivity index (χ0) is 22.5. The second kappa shape index (κ2) is 7.27. The van der Waals surface area contributed by atoms with Crippen LogP contribution in [0.25, 0.3) is 50.3 Å². The number of pyridine rings is 2. The van der Waals surface area contributed by atoms with Crippen LogP contribution in [-0.2, 0) is 0 Å². The van der Waals surface area contributed by atoms with E-state index in [0.717, 1.165) is 55.8 Å². The van der Waals surface area contributed by atoms with Crippen LogP contribution in [0.1, 0.15) is 5.69 Å². The molecule has 6 aromatic rings. The van der Waals surface area contributed by atoms with E-state index in [9.17, 15) is 0 Å². The second-order valence-corrected chi connectivity index (χ2v) is 8.22. The Balaban J connectivity index is 1.48. The number of rotatable bonds is 4. The molecule has 2 N–H and O–H groups in total. The van der Waals surface area contributed by atoms with Gasteiger partial charge in [-0.2, -0.15) is 5.10 Å². The first kappa shape index (κ1) is 19.2. The van der Waals surface area contributed by atoms with Crippen LogP contribution >= 0.6 is 0 Å². The summed E-state index contributed by atoms with van der Waals surface area (Å²) in [6.07, 6.45) is 11.0. The van der Waals surface area contributed by atoms with E-state index in [4.69, 9.17) is 4.98 Å². The van der Waals surface area contributed by atoms with Gasteiger partial charge in [-0.15, -0.1) is 0 Å². The minimum atomic E-state index is 0.680. The molecule has 0 aliphatic rings. The van der Waals surface area contributed by atoms with Crippen molar-refractivity contribution in [3.8, 4) is 28.3 Å². The van der Waals surface area contributed by atoms with Gasteiger partial charge >= 0.3 is 0 Å². The summed E-state index contributed by atoms with van der Waals surface area (Å²) in [6.45, 7) is 1.96. The number of benzene rings is 1. The van der Waals surface area contributed by atoms with Crippen molar-refractivity contribution in [3.63, 3.8) is 0 Å². The monoisotopic (exact) mass is 435 g/mol. The Morgan fingerprint density at radius 2 is 1.82 bits per heavy atom. The quantitative estimate of drug-likeness (QED) is 0.432. The molecule has 0 atom stereocenters. The molecular weight excluding hydrogens is 414 g/mol. The summed E-state index contributed by atoms with van der Waals surface area (Å²) in [4.78, 5) is 23.4. The molecule has 9 heteroatoms. The largest absolute Gasteiger partial charge is 0.376 e. The molecule has 5 aromatic heterocycles. The van der Waals surface area contributed by atoms with Crippen LogP contribution in [0.2, 0.25) is 0 Å². The summed E-state index contributed by atoms with van der Waals surface area (Å²) in [7, 11) is 4.02. The lowest BCUT2D eigenvalue weighted by Gasteiger charge is -2.13.